The van der Waals surface area contributed by atoms with E-state index in [0.29, 0.717) is 18.3 Å². The number of benzene rings is 1. The average molecular weight is 344 g/mol. The molecule has 0 bridgehead atoms. The molecule has 1 aliphatic rings. The van der Waals surface area contributed by atoms with Crippen molar-refractivity contribution in [3.8, 4) is 11.4 Å². The maximum absolute atomic E-state index is 12.5. The van der Waals surface area contributed by atoms with Gasteiger partial charge in [-0.25, -0.2) is 0 Å². The van der Waals surface area contributed by atoms with Crippen LogP contribution in [0.4, 0.5) is 5.95 Å². The van der Waals surface area contributed by atoms with Gasteiger partial charge in [-0.2, -0.15) is 4.98 Å². The number of hydrogen-bond donors (Lipinski definition) is 2. The Kier molecular flexibility index (Phi) is 5.45. The Morgan fingerprint density at radius 2 is 2.04 bits per heavy atom. The van der Waals surface area contributed by atoms with Crippen LogP contribution in [0.5, 0.6) is 0 Å². The highest BCUT2D eigenvalue weighted by Crippen LogP contribution is 2.20. The molecule has 0 aliphatic carbocycles. The summed E-state index contributed by atoms with van der Waals surface area (Å²) in [6.45, 7) is 5.59. The molecule has 1 aromatic heterocycles. The van der Waals surface area contributed by atoms with Gasteiger partial charge in [0.05, 0.1) is 6.61 Å². The molecule has 1 saturated heterocycles. The van der Waals surface area contributed by atoms with Gasteiger partial charge in [0.1, 0.15) is 5.60 Å². The number of aromatic amines is 1. The lowest BCUT2D eigenvalue weighted by Gasteiger charge is -2.28. The van der Waals surface area contributed by atoms with Gasteiger partial charge in [-0.05, 0) is 32.6 Å². The smallest absolute Gasteiger partial charge is 0.258 e. The van der Waals surface area contributed by atoms with Crippen LogP contribution in [0.3, 0.4) is 0 Å². The van der Waals surface area contributed by atoms with Crippen molar-refractivity contribution in [2.45, 2.75) is 32.3 Å². The van der Waals surface area contributed by atoms with Crippen LogP contribution in [0.15, 0.2) is 30.3 Å². The molecule has 1 amide bonds. The second kappa shape index (κ2) is 7.76. The Labute approximate surface area is 147 Å². The number of carbonyl (C=O) groups excluding carboxylic acids is 1. The van der Waals surface area contributed by atoms with E-state index in [9.17, 15) is 4.79 Å². The summed E-state index contributed by atoms with van der Waals surface area (Å²) in [7, 11) is 0. The molecule has 0 saturated carbocycles. The Hall–Kier alpha value is -2.25. The third-order valence-electron chi connectivity index (χ3n) is 4.33. The number of hydrogen-bond acceptors (Lipinski definition) is 5. The van der Waals surface area contributed by atoms with E-state index in [1.165, 1.54) is 0 Å². The van der Waals surface area contributed by atoms with E-state index in [4.69, 9.17) is 9.47 Å². The van der Waals surface area contributed by atoms with Gasteiger partial charge in [0, 0.05) is 18.8 Å². The van der Waals surface area contributed by atoms with E-state index in [-0.39, 0.29) is 11.9 Å². The number of H-pyrrole nitrogens is 1. The van der Waals surface area contributed by atoms with Crippen molar-refractivity contribution in [2.24, 2.45) is 5.92 Å². The van der Waals surface area contributed by atoms with Crippen LogP contribution in [0.1, 0.15) is 26.7 Å². The van der Waals surface area contributed by atoms with Gasteiger partial charge in [-0.1, -0.05) is 30.3 Å². The summed E-state index contributed by atoms with van der Waals surface area (Å²) in [5, 5.41) is 9.61. The van der Waals surface area contributed by atoms with Crippen LogP contribution < -0.4 is 5.32 Å². The van der Waals surface area contributed by atoms with Crippen molar-refractivity contribution in [2.75, 3.05) is 25.1 Å². The molecule has 1 aromatic carbocycles. The van der Waals surface area contributed by atoms with E-state index in [1.807, 2.05) is 30.3 Å². The molecule has 2 aromatic rings. The summed E-state index contributed by atoms with van der Waals surface area (Å²) in [6.07, 6.45) is 1.94. The van der Waals surface area contributed by atoms with E-state index in [1.54, 1.807) is 13.8 Å². The van der Waals surface area contributed by atoms with Gasteiger partial charge in [0.15, 0.2) is 5.82 Å². The van der Waals surface area contributed by atoms with E-state index in [2.05, 4.69) is 20.5 Å². The highest BCUT2D eigenvalue weighted by atomic mass is 16.5. The molecule has 0 unspecified atom stereocenters. The number of aromatic nitrogens is 3. The fourth-order valence-electron chi connectivity index (χ4n) is 2.60. The van der Waals surface area contributed by atoms with Crippen molar-refractivity contribution < 1.29 is 14.3 Å². The molecule has 1 fully saturated rings. The van der Waals surface area contributed by atoms with Crippen LogP contribution >= 0.6 is 0 Å². The number of nitrogens with one attached hydrogen (secondary N) is 2. The fraction of sp³-hybridized carbons (Fsp3) is 0.500. The molecule has 0 spiro atoms. The first-order chi connectivity index (χ1) is 12.0. The van der Waals surface area contributed by atoms with Gasteiger partial charge in [-0.15, -0.1) is 5.10 Å². The van der Waals surface area contributed by atoms with Crippen LogP contribution in [-0.4, -0.2) is 46.5 Å². The molecule has 3 rings (SSSR count). The molecule has 134 valence electrons. The zero-order chi connectivity index (χ0) is 17.7. The predicted molar refractivity (Wildman–Crippen MR) is 94.0 cm³/mol. The number of amides is 1. The largest absolute Gasteiger partial charge is 0.381 e. The molecular formula is C18H24N4O3. The normalized spacial score (nSPS) is 15.9. The van der Waals surface area contributed by atoms with Gasteiger partial charge >= 0.3 is 0 Å². The molecule has 0 atom stereocenters. The van der Waals surface area contributed by atoms with Crippen molar-refractivity contribution in [1.82, 2.24) is 15.2 Å². The highest BCUT2D eigenvalue weighted by Gasteiger charge is 2.31. The number of nitrogens with zero attached hydrogens (tertiary/aromatic N) is 2. The first-order valence-electron chi connectivity index (χ1n) is 8.55. The second-order valence-electron chi connectivity index (χ2n) is 6.70. The maximum Gasteiger partial charge on any atom is 0.258 e. The number of rotatable bonds is 6. The molecule has 7 heteroatoms. The SMILES string of the molecule is CC(C)(OCC1CCOCC1)C(=O)Nc1n[nH]c(-c2ccccc2)n1. The lowest BCUT2D eigenvalue weighted by Crippen LogP contribution is -2.41. The molecule has 7 nitrogen and oxygen atoms in total. The zero-order valence-electron chi connectivity index (χ0n) is 14.6. The van der Waals surface area contributed by atoms with Crippen molar-refractivity contribution in [3.05, 3.63) is 30.3 Å². The molecular weight excluding hydrogens is 320 g/mol. The lowest BCUT2D eigenvalue weighted by atomic mass is 10.0. The maximum atomic E-state index is 12.5. The number of anilines is 1. The lowest BCUT2D eigenvalue weighted by molar-refractivity contribution is -0.139. The summed E-state index contributed by atoms with van der Waals surface area (Å²) < 4.78 is 11.2. The standard InChI is InChI=1S/C18H24N4O3/c1-18(2,25-12-13-8-10-24-11-9-13)16(23)20-17-19-15(21-22-17)14-6-4-3-5-7-14/h3-7,13H,8-12H2,1-2H3,(H2,19,20,21,22,23). The molecule has 2 N–H and O–H groups in total. The molecule has 25 heavy (non-hydrogen) atoms. The highest BCUT2D eigenvalue weighted by molar-refractivity contribution is 5.95. The van der Waals surface area contributed by atoms with Crippen LogP contribution in [-0.2, 0) is 14.3 Å². The minimum Gasteiger partial charge on any atom is -0.381 e. The van der Waals surface area contributed by atoms with Gasteiger partial charge in [-0.3, -0.25) is 15.2 Å². The van der Waals surface area contributed by atoms with Crippen LogP contribution in [0.25, 0.3) is 11.4 Å². The Morgan fingerprint density at radius 1 is 1.32 bits per heavy atom. The Bertz CT molecular complexity index is 693. The molecule has 2 heterocycles. The number of carbonyl (C=O) groups is 1. The first-order valence-corrected chi connectivity index (χ1v) is 8.55. The topological polar surface area (TPSA) is 89.1 Å². The van der Waals surface area contributed by atoms with Gasteiger partial charge in [0.25, 0.3) is 5.91 Å². The predicted octanol–water partition coefficient (Wildman–Crippen LogP) is 2.63. The van der Waals surface area contributed by atoms with E-state index in [0.717, 1.165) is 31.6 Å². The van der Waals surface area contributed by atoms with Crippen LogP contribution in [0, 0.1) is 5.92 Å². The quantitative estimate of drug-likeness (QED) is 0.841. The third-order valence-corrected chi connectivity index (χ3v) is 4.33. The van der Waals surface area contributed by atoms with Crippen molar-refractivity contribution in [3.63, 3.8) is 0 Å². The summed E-state index contributed by atoms with van der Waals surface area (Å²) in [6, 6.07) is 9.62. The minimum absolute atomic E-state index is 0.242. The molecule has 1 aliphatic heterocycles. The van der Waals surface area contributed by atoms with Crippen molar-refractivity contribution >= 4 is 11.9 Å². The van der Waals surface area contributed by atoms with Crippen LogP contribution in [0.2, 0.25) is 0 Å². The zero-order valence-corrected chi connectivity index (χ0v) is 14.6. The average Bonchev–Trinajstić information content (AvgIpc) is 3.10. The third kappa shape index (κ3) is 4.64. The van der Waals surface area contributed by atoms with E-state index >= 15 is 0 Å². The van der Waals surface area contributed by atoms with Gasteiger partial charge < -0.3 is 9.47 Å². The first kappa shape index (κ1) is 17.6. The molecule has 0 radical (unpaired) electrons. The second-order valence-corrected chi connectivity index (χ2v) is 6.70. The summed E-state index contributed by atoms with van der Waals surface area (Å²) in [5.74, 6) is 1.02. The summed E-state index contributed by atoms with van der Waals surface area (Å²) in [4.78, 5) is 16.8. The fourth-order valence-corrected chi connectivity index (χ4v) is 2.60. The van der Waals surface area contributed by atoms with Gasteiger partial charge in [0.2, 0.25) is 5.95 Å². The Morgan fingerprint density at radius 3 is 2.76 bits per heavy atom. The monoisotopic (exact) mass is 344 g/mol. The summed E-state index contributed by atoms with van der Waals surface area (Å²) >= 11 is 0. The Balaban J connectivity index is 1.56. The summed E-state index contributed by atoms with van der Waals surface area (Å²) in [5.41, 5.74) is -0.0446. The van der Waals surface area contributed by atoms with Crippen molar-refractivity contribution in [1.29, 1.82) is 0 Å². The van der Waals surface area contributed by atoms with E-state index < -0.39 is 5.60 Å². The minimum atomic E-state index is -0.953. The number of ether oxygens (including phenoxy) is 2.